The normalized spacial score (nSPS) is 18.8. The van der Waals surface area contributed by atoms with E-state index in [2.05, 4.69) is 22.3 Å². The molecule has 2 heterocycles. The Balaban J connectivity index is 1.65. The van der Waals surface area contributed by atoms with Crippen LogP contribution in [0.4, 0.5) is 21.9 Å². The van der Waals surface area contributed by atoms with Gasteiger partial charge in [0.2, 0.25) is 0 Å². The Morgan fingerprint density at radius 2 is 2.00 bits per heavy atom. The molecule has 0 aromatic heterocycles. The van der Waals surface area contributed by atoms with E-state index in [1.807, 2.05) is 6.07 Å². The average molecular weight is 386 g/mol. The van der Waals surface area contributed by atoms with Crippen molar-refractivity contribution in [2.45, 2.75) is 24.8 Å². The first-order valence-electron chi connectivity index (χ1n) is 8.87. The number of fused-ring (bicyclic) bond motifs is 2. The van der Waals surface area contributed by atoms with Crippen LogP contribution in [0, 0.1) is 5.92 Å². The molecule has 7 nitrogen and oxygen atoms in total. The van der Waals surface area contributed by atoms with Crippen LogP contribution < -0.4 is 15.4 Å². The van der Waals surface area contributed by atoms with Gasteiger partial charge >= 0.3 is 6.03 Å². The van der Waals surface area contributed by atoms with Crippen molar-refractivity contribution in [3.63, 3.8) is 0 Å². The zero-order valence-electron chi connectivity index (χ0n) is 15.2. The second-order valence-electron chi connectivity index (χ2n) is 7.24. The van der Waals surface area contributed by atoms with Gasteiger partial charge in [-0.25, -0.2) is 13.2 Å². The van der Waals surface area contributed by atoms with Crippen molar-refractivity contribution < 1.29 is 13.2 Å². The molecule has 4 rings (SSSR count). The molecule has 0 radical (unpaired) electrons. The van der Waals surface area contributed by atoms with Crippen molar-refractivity contribution in [1.82, 2.24) is 4.90 Å². The van der Waals surface area contributed by atoms with Crippen LogP contribution in [0.15, 0.2) is 41.3 Å². The summed E-state index contributed by atoms with van der Waals surface area (Å²) in [6, 6.07) is 10.3. The molecule has 2 aliphatic rings. The van der Waals surface area contributed by atoms with E-state index in [4.69, 9.17) is 0 Å². The SMILES string of the molecule is CC1CNc2c(cccc2S(=O)(=O)Nc2ccc3c(c2)CN(C)C(=O)N3)C1. The smallest absolute Gasteiger partial charge is 0.321 e. The number of benzene rings is 2. The fourth-order valence-electron chi connectivity index (χ4n) is 3.55. The molecular weight excluding hydrogens is 364 g/mol. The Hall–Kier alpha value is -2.74. The number of rotatable bonds is 3. The van der Waals surface area contributed by atoms with Crippen LogP contribution in [0.1, 0.15) is 18.1 Å². The topological polar surface area (TPSA) is 90.5 Å². The first kappa shape index (κ1) is 17.7. The zero-order valence-corrected chi connectivity index (χ0v) is 16.1. The molecule has 0 bridgehead atoms. The van der Waals surface area contributed by atoms with Crippen molar-refractivity contribution in [3.8, 4) is 0 Å². The molecule has 0 fully saturated rings. The number of nitrogens with zero attached hydrogens (tertiary/aromatic N) is 1. The van der Waals surface area contributed by atoms with E-state index in [0.717, 1.165) is 24.1 Å². The molecule has 0 saturated carbocycles. The predicted molar refractivity (Wildman–Crippen MR) is 106 cm³/mol. The van der Waals surface area contributed by atoms with Crippen LogP contribution in [-0.4, -0.2) is 32.9 Å². The van der Waals surface area contributed by atoms with Crippen molar-refractivity contribution in [2.75, 3.05) is 28.9 Å². The van der Waals surface area contributed by atoms with Gasteiger partial charge in [0.1, 0.15) is 4.90 Å². The standard InChI is InChI=1S/C19H22N4O3S/c1-12-8-13-4-3-5-17(18(13)20-10-12)27(25,26)22-15-6-7-16-14(9-15)11-23(2)19(24)21-16/h3-7,9,12,20,22H,8,10-11H2,1-2H3,(H,21,24). The highest BCUT2D eigenvalue weighted by molar-refractivity contribution is 7.92. The van der Waals surface area contributed by atoms with Gasteiger partial charge in [-0.3, -0.25) is 4.72 Å². The highest BCUT2D eigenvalue weighted by Gasteiger charge is 2.25. The summed E-state index contributed by atoms with van der Waals surface area (Å²) >= 11 is 0. The van der Waals surface area contributed by atoms with Crippen molar-refractivity contribution in [3.05, 3.63) is 47.5 Å². The number of urea groups is 1. The molecule has 0 aliphatic carbocycles. The molecule has 0 saturated heterocycles. The van der Waals surface area contributed by atoms with Crippen molar-refractivity contribution in [1.29, 1.82) is 0 Å². The zero-order chi connectivity index (χ0) is 19.2. The van der Waals surface area contributed by atoms with E-state index in [0.29, 0.717) is 29.5 Å². The van der Waals surface area contributed by atoms with Crippen LogP contribution in [0.3, 0.4) is 0 Å². The summed E-state index contributed by atoms with van der Waals surface area (Å²) in [5, 5.41) is 6.04. The first-order chi connectivity index (χ1) is 12.8. The number of hydrogen-bond donors (Lipinski definition) is 3. The Labute approximate surface area is 158 Å². The second kappa shape index (κ2) is 6.45. The third kappa shape index (κ3) is 3.32. The largest absolute Gasteiger partial charge is 0.383 e. The lowest BCUT2D eigenvalue weighted by molar-refractivity contribution is 0.218. The summed E-state index contributed by atoms with van der Waals surface area (Å²) in [6.45, 7) is 3.32. The minimum Gasteiger partial charge on any atom is -0.383 e. The Kier molecular flexibility index (Phi) is 4.22. The van der Waals surface area contributed by atoms with Crippen LogP contribution in [-0.2, 0) is 23.0 Å². The first-order valence-corrected chi connectivity index (χ1v) is 10.4. The Bertz CT molecular complexity index is 1020. The number of para-hydroxylation sites is 1. The third-order valence-electron chi connectivity index (χ3n) is 4.95. The number of carbonyl (C=O) groups is 1. The number of sulfonamides is 1. The molecule has 2 amide bonds. The summed E-state index contributed by atoms with van der Waals surface area (Å²) in [4.78, 5) is 13.5. The molecule has 3 N–H and O–H groups in total. The Morgan fingerprint density at radius 3 is 2.81 bits per heavy atom. The Morgan fingerprint density at radius 1 is 1.19 bits per heavy atom. The van der Waals surface area contributed by atoms with E-state index < -0.39 is 10.0 Å². The van der Waals surface area contributed by atoms with Gasteiger partial charge in [-0.15, -0.1) is 0 Å². The maximum absolute atomic E-state index is 13.0. The van der Waals surface area contributed by atoms with Gasteiger partial charge in [0.05, 0.1) is 5.69 Å². The van der Waals surface area contributed by atoms with Gasteiger partial charge in [-0.1, -0.05) is 19.1 Å². The quantitative estimate of drug-likeness (QED) is 0.756. The summed E-state index contributed by atoms with van der Waals surface area (Å²) in [6.07, 6.45) is 0.858. The number of nitrogens with one attached hydrogen (secondary N) is 3. The van der Waals surface area contributed by atoms with Crippen LogP contribution in [0.5, 0.6) is 0 Å². The number of carbonyl (C=O) groups excluding carboxylic acids is 1. The lowest BCUT2D eigenvalue weighted by Crippen LogP contribution is -2.35. The maximum Gasteiger partial charge on any atom is 0.321 e. The number of hydrogen-bond acceptors (Lipinski definition) is 4. The number of anilines is 3. The van der Waals surface area contributed by atoms with E-state index in [1.165, 1.54) is 0 Å². The van der Waals surface area contributed by atoms with Gasteiger partial charge < -0.3 is 15.5 Å². The molecular formula is C19H22N4O3S. The fraction of sp³-hybridized carbons (Fsp3) is 0.316. The minimum absolute atomic E-state index is 0.174. The van der Waals surface area contributed by atoms with E-state index in [-0.39, 0.29) is 10.9 Å². The molecule has 8 heteroatoms. The molecule has 1 atom stereocenters. The third-order valence-corrected chi connectivity index (χ3v) is 6.37. The summed E-state index contributed by atoms with van der Waals surface area (Å²) in [7, 11) is -2.04. The van der Waals surface area contributed by atoms with Crippen molar-refractivity contribution in [2.24, 2.45) is 5.92 Å². The van der Waals surface area contributed by atoms with Gasteiger partial charge in [0.25, 0.3) is 10.0 Å². The minimum atomic E-state index is -3.74. The van der Waals surface area contributed by atoms with Gasteiger partial charge in [0, 0.05) is 31.5 Å². The molecule has 0 spiro atoms. The summed E-state index contributed by atoms with van der Waals surface area (Å²) in [5.74, 6) is 0.469. The molecule has 27 heavy (non-hydrogen) atoms. The van der Waals surface area contributed by atoms with Gasteiger partial charge in [-0.2, -0.15) is 0 Å². The average Bonchev–Trinajstić information content (AvgIpc) is 2.62. The molecule has 2 aromatic rings. The highest BCUT2D eigenvalue weighted by atomic mass is 32.2. The van der Waals surface area contributed by atoms with E-state index >= 15 is 0 Å². The highest BCUT2D eigenvalue weighted by Crippen LogP contribution is 2.33. The van der Waals surface area contributed by atoms with Crippen LogP contribution in [0.2, 0.25) is 0 Å². The van der Waals surface area contributed by atoms with Gasteiger partial charge in [0.15, 0.2) is 0 Å². The fourth-order valence-corrected chi connectivity index (χ4v) is 4.83. The van der Waals surface area contributed by atoms with E-state index in [1.54, 1.807) is 42.3 Å². The predicted octanol–water partition coefficient (Wildman–Crippen LogP) is 3.07. The molecule has 1 unspecified atom stereocenters. The lowest BCUT2D eigenvalue weighted by atomic mass is 9.96. The molecule has 142 valence electrons. The molecule has 2 aromatic carbocycles. The second-order valence-corrected chi connectivity index (χ2v) is 8.89. The van der Waals surface area contributed by atoms with Gasteiger partial charge in [-0.05, 0) is 47.7 Å². The summed E-state index contributed by atoms with van der Waals surface area (Å²) < 4.78 is 28.7. The monoisotopic (exact) mass is 386 g/mol. The van der Waals surface area contributed by atoms with Crippen molar-refractivity contribution >= 4 is 33.1 Å². The summed E-state index contributed by atoms with van der Waals surface area (Å²) in [5.41, 5.74) is 3.74. The van der Waals surface area contributed by atoms with E-state index in [9.17, 15) is 13.2 Å². The maximum atomic E-state index is 13.0. The lowest BCUT2D eigenvalue weighted by Gasteiger charge is -2.27. The molecule has 2 aliphatic heterocycles. The number of amides is 2. The van der Waals surface area contributed by atoms with Crippen LogP contribution in [0.25, 0.3) is 0 Å². The van der Waals surface area contributed by atoms with Crippen LogP contribution >= 0.6 is 0 Å².